The molecule has 0 unspecified atom stereocenters. The third kappa shape index (κ3) is 1.73. The minimum atomic E-state index is -0.249. The van der Waals surface area contributed by atoms with Crippen LogP contribution in [0.5, 0.6) is 0 Å². The third-order valence-electron chi connectivity index (χ3n) is 3.66. The number of hydrogen-bond donors (Lipinski definition) is 2. The van der Waals surface area contributed by atoms with E-state index in [1.165, 1.54) is 12.1 Å². The number of aromatic amines is 1. The molecule has 0 aliphatic heterocycles. The molecule has 2 aromatic rings. The van der Waals surface area contributed by atoms with Crippen LogP contribution in [0.3, 0.4) is 0 Å². The van der Waals surface area contributed by atoms with E-state index >= 15 is 0 Å². The Balaban J connectivity index is 2.00. The quantitative estimate of drug-likeness (QED) is 0.874. The number of aryl methyl sites for hydroxylation is 1. The summed E-state index contributed by atoms with van der Waals surface area (Å²) in [4.78, 5) is 7.82. The first-order valence-electron chi connectivity index (χ1n) is 6.08. The molecule has 4 heteroatoms. The van der Waals surface area contributed by atoms with Gasteiger partial charge in [-0.3, -0.25) is 0 Å². The monoisotopic (exact) mass is 246 g/mol. The summed E-state index contributed by atoms with van der Waals surface area (Å²) in [7, 11) is 0. The smallest absolute Gasteiger partial charge is 0.123 e. The van der Waals surface area contributed by atoms with Crippen molar-refractivity contribution in [2.45, 2.75) is 25.2 Å². The number of rotatable bonds is 3. The molecule has 18 heavy (non-hydrogen) atoms. The lowest BCUT2D eigenvalue weighted by Crippen LogP contribution is -2.13. The van der Waals surface area contributed by atoms with Crippen molar-refractivity contribution in [1.82, 2.24) is 9.97 Å². The summed E-state index contributed by atoms with van der Waals surface area (Å²) in [6, 6.07) is 6.31. The zero-order valence-electron chi connectivity index (χ0n) is 10.2. The third-order valence-corrected chi connectivity index (χ3v) is 3.66. The Morgan fingerprint density at radius 2 is 2.00 bits per heavy atom. The highest BCUT2D eigenvalue weighted by Crippen LogP contribution is 2.47. The van der Waals surface area contributed by atoms with Gasteiger partial charge in [-0.25, -0.2) is 9.37 Å². The van der Waals surface area contributed by atoms with Crippen LogP contribution in [0.2, 0.25) is 0 Å². The molecule has 0 atom stereocenters. The molecule has 1 aliphatic rings. The first kappa shape index (κ1) is 11.4. The van der Waals surface area contributed by atoms with Crippen molar-refractivity contribution in [2.75, 3.05) is 6.61 Å². The highest BCUT2D eigenvalue weighted by atomic mass is 19.1. The van der Waals surface area contributed by atoms with Crippen LogP contribution >= 0.6 is 0 Å². The lowest BCUT2D eigenvalue weighted by atomic mass is 10.1. The number of aromatic nitrogens is 2. The number of nitrogens with one attached hydrogen (secondary N) is 1. The fourth-order valence-electron chi connectivity index (χ4n) is 2.22. The molecule has 0 amide bonds. The van der Waals surface area contributed by atoms with Crippen molar-refractivity contribution >= 4 is 0 Å². The molecule has 3 rings (SSSR count). The van der Waals surface area contributed by atoms with E-state index in [-0.39, 0.29) is 17.8 Å². The number of H-pyrrole nitrogens is 1. The molecule has 0 spiro atoms. The maximum absolute atomic E-state index is 12.9. The Morgan fingerprint density at radius 3 is 2.56 bits per heavy atom. The number of benzene rings is 1. The zero-order valence-corrected chi connectivity index (χ0v) is 10.2. The van der Waals surface area contributed by atoms with Crippen molar-refractivity contribution in [1.29, 1.82) is 0 Å². The molecule has 94 valence electrons. The molecule has 1 fully saturated rings. The van der Waals surface area contributed by atoms with E-state index in [4.69, 9.17) is 0 Å². The van der Waals surface area contributed by atoms with Crippen molar-refractivity contribution < 1.29 is 9.50 Å². The van der Waals surface area contributed by atoms with Gasteiger partial charge in [0, 0.05) is 11.3 Å². The van der Waals surface area contributed by atoms with Crippen molar-refractivity contribution in [2.24, 2.45) is 0 Å². The van der Waals surface area contributed by atoms with Crippen molar-refractivity contribution in [3.8, 4) is 11.3 Å². The highest BCUT2D eigenvalue weighted by Gasteiger charge is 2.46. The van der Waals surface area contributed by atoms with E-state index in [9.17, 15) is 9.50 Å². The molecule has 1 aromatic carbocycles. The van der Waals surface area contributed by atoms with Crippen LogP contribution in [0, 0.1) is 12.7 Å². The Hall–Kier alpha value is -1.68. The van der Waals surface area contributed by atoms with E-state index in [0.717, 1.165) is 35.6 Å². The molecule has 2 N–H and O–H groups in total. The molecule has 1 aliphatic carbocycles. The van der Waals surface area contributed by atoms with E-state index in [2.05, 4.69) is 9.97 Å². The van der Waals surface area contributed by atoms with Crippen LogP contribution in [0.15, 0.2) is 24.3 Å². The van der Waals surface area contributed by atoms with Crippen molar-refractivity contribution in [3.63, 3.8) is 0 Å². The Labute approximate surface area is 105 Å². The summed E-state index contributed by atoms with van der Waals surface area (Å²) < 4.78 is 12.9. The first-order valence-corrected chi connectivity index (χ1v) is 6.08. The van der Waals surface area contributed by atoms with Gasteiger partial charge >= 0.3 is 0 Å². The van der Waals surface area contributed by atoms with Crippen LogP contribution in [0.1, 0.15) is 24.4 Å². The van der Waals surface area contributed by atoms with Crippen LogP contribution in [0.4, 0.5) is 4.39 Å². The fourth-order valence-corrected chi connectivity index (χ4v) is 2.22. The minimum Gasteiger partial charge on any atom is -0.395 e. The average molecular weight is 246 g/mol. The molecular weight excluding hydrogens is 231 g/mol. The number of nitrogens with zero attached hydrogens (tertiary/aromatic N) is 1. The van der Waals surface area contributed by atoms with Crippen LogP contribution in [-0.2, 0) is 5.41 Å². The van der Waals surface area contributed by atoms with Gasteiger partial charge in [-0.2, -0.15) is 0 Å². The average Bonchev–Trinajstić information content (AvgIpc) is 3.08. The van der Waals surface area contributed by atoms with Gasteiger partial charge in [-0.05, 0) is 44.0 Å². The summed E-state index contributed by atoms with van der Waals surface area (Å²) in [5, 5.41) is 9.41. The second kappa shape index (κ2) is 3.92. The van der Waals surface area contributed by atoms with Gasteiger partial charge < -0.3 is 10.1 Å². The van der Waals surface area contributed by atoms with Gasteiger partial charge in [0.2, 0.25) is 0 Å². The van der Waals surface area contributed by atoms with Gasteiger partial charge in [0.25, 0.3) is 0 Å². The summed E-state index contributed by atoms with van der Waals surface area (Å²) in [5.74, 6) is 0.600. The van der Waals surface area contributed by atoms with Crippen LogP contribution < -0.4 is 0 Å². The van der Waals surface area contributed by atoms with E-state index in [0.29, 0.717) is 0 Å². The van der Waals surface area contributed by atoms with Gasteiger partial charge in [-0.15, -0.1) is 0 Å². The Morgan fingerprint density at radius 1 is 1.33 bits per heavy atom. The van der Waals surface area contributed by atoms with E-state index in [1.807, 2.05) is 6.92 Å². The summed E-state index contributed by atoms with van der Waals surface area (Å²) in [6.45, 7) is 2.07. The zero-order chi connectivity index (χ0) is 12.8. The highest BCUT2D eigenvalue weighted by molar-refractivity contribution is 5.62. The van der Waals surface area contributed by atoms with Gasteiger partial charge in [-0.1, -0.05) is 0 Å². The molecule has 0 bridgehead atoms. The number of aliphatic hydroxyl groups excluding tert-OH is 1. The van der Waals surface area contributed by atoms with Crippen LogP contribution in [0.25, 0.3) is 11.3 Å². The predicted molar refractivity (Wildman–Crippen MR) is 66.7 cm³/mol. The maximum atomic E-state index is 12.9. The largest absolute Gasteiger partial charge is 0.395 e. The number of imidazole rings is 1. The van der Waals surface area contributed by atoms with Gasteiger partial charge in [0.1, 0.15) is 11.6 Å². The number of hydrogen-bond acceptors (Lipinski definition) is 2. The molecule has 0 radical (unpaired) electrons. The molecule has 3 nitrogen and oxygen atoms in total. The van der Waals surface area contributed by atoms with Gasteiger partial charge in [0.15, 0.2) is 0 Å². The Bertz CT molecular complexity index is 570. The SMILES string of the molecule is Cc1[nH]c(C2(CO)CC2)nc1-c1ccc(F)cc1. The Kier molecular flexibility index (Phi) is 2.48. The van der Waals surface area contributed by atoms with E-state index in [1.54, 1.807) is 12.1 Å². The van der Waals surface area contributed by atoms with E-state index < -0.39 is 0 Å². The molecular formula is C14H15FN2O. The number of aliphatic hydroxyl groups is 1. The second-order valence-corrected chi connectivity index (χ2v) is 5.00. The maximum Gasteiger partial charge on any atom is 0.123 e. The fraction of sp³-hybridized carbons (Fsp3) is 0.357. The summed E-state index contributed by atoms with van der Waals surface area (Å²) in [5.41, 5.74) is 2.52. The molecule has 1 heterocycles. The minimum absolute atomic E-state index is 0.128. The molecule has 1 aromatic heterocycles. The summed E-state index contributed by atoms with van der Waals surface area (Å²) >= 11 is 0. The first-order chi connectivity index (χ1) is 8.64. The number of halogens is 1. The van der Waals surface area contributed by atoms with Crippen LogP contribution in [-0.4, -0.2) is 21.7 Å². The lowest BCUT2D eigenvalue weighted by Gasteiger charge is -2.06. The second-order valence-electron chi connectivity index (χ2n) is 5.00. The predicted octanol–water partition coefficient (Wildman–Crippen LogP) is 2.55. The molecule has 0 saturated heterocycles. The normalized spacial score (nSPS) is 16.8. The summed E-state index contributed by atoms with van der Waals surface area (Å²) in [6.07, 6.45) is 1.94. The van der Waals surface area contributed by atoms with Gasteiger partial charge in [0.05, 0.1) is 17.7 Å². The molecule has 1 saturated carbocycles. The lowest BCUT2D eigenvalue weighted by molar-refractivity contribution is 0.250. The topological polar surface area (TPSA) is 48.9 Å². The van der Waals surface area contributed by atoms with Crippen molar-refractivity contribution in [3.05, 3.63) is 41.6 Å². The standard InChI is InChI=1S/C14H15FN2O/c1-9-12(10-2-4-11(15)5-3-10)17-13(16-9)14(8-18)6-7-14/h2-5,18H,6-8H2,1H3,(H,16,17).